The number of aromatic nitrogens is 4. The van der Waals surface area contributed by atoms with Gasteiger partial charge in [0.15, 0.2) is 0 Å². The summed E-state index contributed by atoms with van der Waals surface area (Å²) in [4.78, 5) is 47.9. The molecule has 0 bridgehead atoms. The van der Waals surface area contributed by atoms with Crippen LogP contribution < -0.4 is 17.0 Å². The number of nitrogens with one attached hydrogen (secondary N) is 1. The first-order valence-electron chi connectivity index (χ1n) is 9.66. The summed E-state index contributed by atoms with van der Waals surface area (Å²) in [7, 11) is 0. The number of hydrogen-bond acceptors (Lipinski definition) is 7. The van der Waals surface area contributed by atoms with Crippen molar-refractivity contribution in [2.24, 2.45) is 4.99 Å². The van der Waals surface area contributed by atoms with Gasteiger partial charge in [0.2, 0.25) is 10.7 Å². The first-order chi connectivity index (χ1) is 15.3. The van der Waals surface area contributed by atoms with Gasteiger partial charge in [-0.2, -0.15) is 4.99 Å². The summed E-state index contributed by atoms with van der Waals surface area (Å²) in [6.07, 6.45) is -0.370. The Bertz CT molecular complexity index is 1490. The molecule has 32 heavy (non-hydrogen) atoms. The van der Waals surface area contributed by atoms with Crippen molar-refractivity contribution < 1.29 is 15.0 Å². The van der Waals surface area contributed by atoms with Gasteiger partial charge in [0, 0.05) is 6.54 Å². The van der Waals surface area contributed by atoms with E-state index in [9.17, 15) is 19.5 Å². The zero-order chi connectivity index (χ0) is 22.8. The molecule has 0 radical (unpaired) electrons. The molecule has 0 amide bonds. The van der Waals surface area contributed by atoms with Gasteiger partial charge in [0.25, 0.3) is 0 Å². The van der Waals surface area contributed by atoms with E-state index in [2.05, 4.69) is 15.0 Å². The predicted octanol–water partition coefficient (Wildman–Crippen LogP) is 1.72. The minimum atomic E-state index is -1.12. The van der Waals surface area contributed by atoms with E-state index in [-0.39, 0.29) is 30.9 Å². The molecule has 0 unspecified atom stereocenters. The molecule has 0 fully saturated rings. The van der Waals surface area contributed by atoms with E-state index >= 15 is 0 Å². The predicted molar refractivity (Wildman–Crippen MR) is 118 cm³/mol. The third kappa shape index (κ3) is 4.52. The lowest BCUT2D eigenvalue weighted by Gasteiger charge is -2.10. The number of aromatic amines is 1. The molecule has 11 heteroatoms. The van der Waals surface area contributed by atoms with E-state index in [0.717, 1.165) is 15.7 Å². The van der Waals surface area contributed by atoms with Crippen LogP contribution in [0.4, 0.5) is 5.13 Å². The van der Waals surface area contributed by atoms with E-state index in [1.54, 1.807) is 12.1 Å². The zero-order valence-corrected chi connectivity index (χ0v) is 17.8. The number of fused-ring (bicyclic) bond motifs is 1. The van der Waals surface area contributed by atoms with Gasteiger partial charge in [-0.15, -0.1) is 0 Å². The van der Waals surface area contributed by atoms with Crippen LogP contribution >= 0.6 is 11.3 Å². The van der Waals surface area contributed by atoms with Crippen molar-refractivity contribution in [3.8, 4) is 5.75 Å². The summed E-state index contributed by atoms with van der Waals surface area (Å²) in [5, 5.41) is 18.9. The maximum atomic E-state index is 13.1. The van der Waals surface area contributed by atoms with E-state index < -0.39 is 17.3 Å². The summed E-state index contributed by atoms with van der Waals surface area (Å²) >= 11 is 1.19. The fourth-order valence-electron chi connectivity index (χ4n) is 3.10. The molecule has 0 saturated carbocycles. The van der Waals surface area contributed by atoms with Crippen LogP contribution in [-0.2, 0) is 17.9 Å². The van der Waals surface area contributed by atoms with Gasteiger partial charge in [-0.25, -0.2) is 19.1 Å². The minimum absolute atomic E-state index is 0.00423. The monoisotopic (exact) mass is 453 g/mol. The highest BCUT2D eigenvalue weighted by atomic mass is 32.1. The lowest BCUT2D eigenvalue weighted by molar-refractivity contribution is -0.137. The maximum Gasteiger partial charge on any atom is 0.335 e. The number of carboxylic acid groups (broad SMARTS) is 1. The van der Waals surface area contributed by atoms with Gasteiger partial charge in [-0.1, -0.05) is 41.2 Å². The molecule has 164 valence electrons. The Morgan fingerprint density at radius 3 is 2.62 bits per heavy atom. The van der Waals surface area contributed by atoms with Crippen LogP contribution in [0.3, 0.4) is 0 Å². The number of aliphatic carboxylic acids is 1. The Morgan fingerprint density at radius 2 is 1.91 bits per heavy atom. The standard InChI is InChI=1S/C21H19N5O5S/c1-12-2-4-13(5-3-12)11-26-18(24-20(30)25(21(26)31)9-8-17(28)29)23-19-22-15-7-6-14(27)10-16(15)32-19/h2-7,10,27H,8-9,11H2,1H3,(H,28,29)(H,22,23,24,30). The normalized spacial score (nSPS) is 11.8. The van der Waals surface area contributed by atoms with Gasteiger partial charge in [-0.3, -0.25) is 14.3 Å². The SMILES string of the molecule is Cc1ccc(Cn2c(=O)n(CCC(=O)O)c(=O)[nH]/c2=N\c2nc3ccc(O)cc3s2)cc1. The Labute approximate surface area is 184 Å². The van der Waals surface area contributed by atoms with Crippen molar-refractivity contribution >= 4 is 32.7 Å². The topological polar surface area (TPSA) is 143 Å². The second-order valence-corrected chi connectivity index (χ2v) is 8.17. The second kappa shape index (κ2) is 8.63. The van der Waals surface area contributed by atoms with Crippen molar-refractivity contribution in [1.29, 1.82) is 0 Å². The Balaban J connectivity index is 1.88. The molecule has 4 rings (SSSR count). The summed E-state index contributed by atoms with van der Waals surface area (Å²) in [6.45, 7) is 1.80. The number of H-pyrrole nitrogens is 1. The van der Waals surface area contributed by atoms with Gasteiger partial charge in [0.1, 0.15) is 5.75 Å². The molecular formula is C21H19N5O5S. The largest absolute Gasteiger partial charge is 0.508 e. The molecule has 0 spiro atoms. The number of carbonyl (C=O) groups is 1. The number of phenolic OH excluding ortho intramolecular Hbond substituents is 1. The van der Waals surface area contributed by atoms with Crippen molar-refractivity contribution in [2.45, 2.75) is 26.4 Å². The number of rotatable bonds is 6. The molecule has 4 aromatic rings. The van der Waals surface area contributed by atoms with Crippen LogP contribution in [-0.4, -0.2) is 35.3 Å². The van der Waals surface area contributed by atoms with E-state index in [1.807, 2.05) is 31.2 Å². The Kier molecular flexibility index (Phi) is 5.73. The van der Waals surface area contributed by atoms with E-state index in [1.165, 1.54) is 22.0 Å². The molecule has 0 saturated heterocycles. The van der Waals surface area contributed by atoms with E-state index in [0.29, 0.717) is 15.3 Å². The Morgan fingerprint density at radius 1 is 1.16 bits per heavy atom. The van der Waals surface area contributed by atoms with Crippen LogP contribution in [0.15, 0.2) is 57.0 Å². The van der Waals surface area contributed by atoms with Crippen molar-refractivity contribution in [1.82, 2.24) is 19.1 Å². The first-order valence-corrected chi connectivity index (χ1v) is 10.5. The number of aryl methyl sites for hydroxylation is 1. The highest BCUT2D eigenvalue weighted by Crippen LogP contribution is 2.29. The number of benzene rings is 2. The van der Waals surface area contributed by atoms with Crippen molar-refractivity contribution in [3.05, 3.63) is 80.2 Å². The molecule has 2 aromatic carbocycles. The quantitative estimate of drug-likeness (QED) is 0.406. The van der Waals surface area contributed by atoms with Crippen LogP contribution in [0.2, 0.25) is 0 Å². The molecule has 10 nitrogen and oxygen atoms in total. The fourth-order valence-corrected chi connectivity index (χ4v) is 3.98. The molecule has 2 heterocycles. The molecule has 2 aromatic heterocycles. The average molecular weight is 453 g/mol. The summed E-state index contributed by atoms with van der Waals surface area (Å²) in [6, 6.07) is 12.2. The zero-order valence-electron chi connectivity index (χ0n) is 17.0. The highest BCUT2D eigenvalue weighted by Gasteiger charge is 2.12. The third-order valence-corrected chi connectivity index (χ3v) is 5.67. The number of phenols is 1. The highest BCUT2D eigenvalue weighted by molar-refractivity contribution is 7.21. The summed E-state index contributed by atoms with van der Waals surface area (Å²) in [5.74, 6) is -1.02. The Hall–Kier alpha value is -3.99. The van der Waals surface area contributed by atoms with Crippen LogP contribution in [0.1, 0.15) is 17.5 Å². The number of nitrogens with zero attached hydrogens (tertiary/aromatic N) is 4. The van der Waals surface area contributed by atoms with E-state index in [4.69, 9.17) is 5.11 Å². The summed E-state index contributed by atoms with van der Waals surface area (Å²) < 4.78 is 2.82. The number of hydrogen-bond donors (Lipinski definition) is 3. The minimum Gasteiger partial charge on any atom is -0.508 e. The molecule has 0 aliphatic rings. The molecular weight excluding hydrogens is 434 g/mol. The molecule has 3 N–H and O–H groups in total. The van der Waals surface area contributed by atoms with Crippen molar-refractivity contribution in [3.63, 3.8) is 0 Å². The van der Waals surface area contributed by atoms with Crippen LogP contribution in [0.25, 0.3) is 10.2 Å². The van der Waals surface area contributed by atoms with Gasteiger partial charge < -0.3 is 10.2 Å². The lowest BCUT2D eigenvalue weighted by atomic mass is 10.1. The molecule has 0 aliphatic carbocycles. The fraction of sp³-hybridized carbons (Fsp3) is 0.190. The van der Waals surface area contributed by atoms with Gasteiger partial charge in [0.05, 0.1) is 23.2 Å². The number of aromatic hydroxyl groups is 1. The third-order valence-electron chi connectivity index (χ3n) is 4.75. The van der Waals surface area contributed by atoms with Crippen LogP contribution in [0.5, 0.6) is 5.75 Å². The average Bonchev–Trinajstić information content (AvgIpc) is 3.13. The first kappa shape index (κ1) is 21.2. The summed E-state index contributed by atoms with van der Waals surface area (Å²) in [5.41, 5.74) is 1.05. The van der Waals surface area contributed by atoms with Gasteiger partial charge in [-0.05, 0) is 30.7 Å². The van der Waals surface area contributed by atoms with Crippen LogP contribution in [0, 0.1) is 6.92 Å². The van der Waals surface area contributed by atoms with Crippen molar-refractivity contribution in [2.75, 3.05) is 0 Å². The number of thiazole rings is 1. The number of carboxylic acids is 1. The molecule has 0 atom stereocenters. The smallest absolute Gasteiger partial charge is 0.335 e. The van der Waals surface area contributed by atoms with Gasteiger partial charge >= 0.3 is 17.3 Å². The molecule has 0 aliphatic heterocycles. The second-order valence-electron chi connectivity index (χ2n) is 7.16. The lowest BCUT2D eigenvalue weighted by Crippen LogP contribution is -2.50. The maximum absolute atomic E-state index is 13.1.